The maximum atomic E-state index is 12.9. The first-order chi connectivity index (χ1) is 15.3. The van der Waals surface area contributed by atoms with Crippen molar-refractivity contribution in [1.82, 2.24) is 4.31 Å². The summed E-state index contributed by atoms with van der Waals surface area (Å²) in [5, 5.41) is 0.0335. The normalized spacial score (nSPS) is 14.6. The van der Waals surface area contributed by atoms with Gasteiger partial charge in [0, 0.05) is 18.7 Å². The van der Waals surface area contributed by atoms with Gasteiger partial charge < -0.3 is 14.2 Å². The van der Waals surface area contributed by atoms with Crippen LogP contribution < -0.4 is 9.47 Å². The van der Waals surface area contributed by atoms with Gasteiger partial charge in [0.25, 0.3) is 0 Å². The van der Waals surface area contributed by atoms with E-state index in [-0.39, 0.29) is 21.0 Å². The first-order valence-electron chi connectivity index (χ1n) is 10.00. The minimum Gasteiger partial charge on any atom is -0.493 e. The Morgan fingerprint density at radius 2 is 1.66 bits per heavy atom. The molecule has 8 nitrogen and oxygen atoms in total. The Balaban J connectivity index is 1.74. The van der Waals surface area contributed by atoms with Crippen LogP contribution in [0.25, 0.3) is 0 Å². The molecule has 0 unspecified atom stereocenters. The third-order valence-corrected chi connectivity index (χ3v) is 7.37. The van der Waals surface area contributed by atoms with E-state index in [1.807, 2.05) is 0 Å². The van der Waals surface area contributed by atoms with Crippen molar-refractivity contribution >= 4 is 33.4 Å². The molecule has 1 aliphatic rings. The number of piperidine rings is 1. The highest BCUT2D eigenvalue weighted by Gasteiger charge is 2.27. The van der Waals surface area contributed by atoms with Crippen LogP contribution in [0.4, 0.5) is 0 Å². The topological polar surface area (TPSA) is 99.2 Å². The molecule has 0 aliphatic carbocycles. The van der Waals surface area contributed by atoms with E-state index in [2.05, 4.69) is 0 Å². The molecule has 1 aliphatic heterocycles. The van der Waals surface area contributed by atoms with Crippen LogP contribution in [0.2, 0.25) is 5.02 Å². The van der Waals surface area contributed by atoms with Crippen LogP contribution in [0.1, 0.15) is 40.0 Å². The second kappa shape index (κ2) is 10.3. The standard InChI is InChI=1S/C22H24ClNO7S/c1-29-20-9-6-15(12-21(20)30-2)19(25)14-31-22(26)17-13-16(7-8-18(17)23)32(27,28)24-10-4-3-5-11-24/h6-9,12-13H,3-5,10-11,14H2,1-2H3. The monoisotopic (exact) mass is 481 g/mol. The largest absolute Gasteiger partial charge is 0.493 e. The maximum Gasteiger partial charge on any atom is 0.340 e. The number of esters is 1. The zero-order chi connectivity index (χ0) is 23.3. The number of ketones is 1. The first-order valence-corrected chi connectivity index (χ1v) is 11.8. The molecule has 3 rings (SSSR count). The highest BCUT2D eigenvalue weighted by Crippen LogP contribution is 2.28. The van der Waals surface area contributed by atoms with E-state index in [1.54, 1.807) is 6.07 Å². The van der Waals surface area contributed by atoms with Crippen LogP contribution in [0.3, 0.4) is 0 Å². The fourth-order valence-corrected chi connectivity index (χ4v) is 5.12. The molecular formula is C22H24ClNO7S. The first kappa shape index (κ1) is 24.0. The predicted octanol–water partition coefficient (Wildman–Crippen LogP) is 3.57. The molecule has 0 aromatic heterocycles. The van der Waals surface area contributed by atoms with Crippen molar-refractivity contribution in [1.29, 1.82) is 0 Å². The molecule has 0 N–H and O–H groups in total. The van der Waals surface area contributed by atoms with E-state index >= 15 is 0 Å². The van der Waals surface area contributed by atoms with E-state index in [4.69, 9.17) is 25.8 Å². The van der Waals surface area contributed by atoms with Gasteiger partial charge in [0.2, 0.25) is 10.0 Å². The zero-order valence-electron chi connectivity index (χ0n) is 17.8. The number of nitrogens with zero attached hydrogens (tertiary/aromatic N) is 1. The molecule has 0 bridgehead atoms. The van der Waals surface area contributed by atoms with Gasteiger partial charge in [-0.25, -0.2) is 13.2 Å². The van der Waals surface area contributed by atoms with Crippen molar-refractivity contribution in [2.75, 3.05) is 33.9 Å². The Hall–Kier alpha value is -2.62. The number of benzene rings is 2. The number of carbonyl (C=O) groups excluding carboxylic acids is 2. The van der Waals surface area contributed by atoms with Crippen molar-refractivity contribution in [3.05, 3.63) is 52.5 Å². The van der Waals surface area contributed by atoms with Gasteiger partial charge in [0.1, 0.15) is 0 Å². The molecule has 2 aromatic rings. The van der Waals surface area contributed by atoms with Crippen molar-refractivity contribution < 1.29 is 32.2 Å². The number of sulfonamides is 1. The molecule has 1 heterocycles. The second-order valence-electron chi connectivity index (χ2n) is 7.18. The van der Waals surface area contributed by atoms with Crippen LogP contribution in [0.15, 0.2) is 41.3 Å². The summed E-state index contributed by atoms with van der Waals surface area (Å²) in [4.78, 5) is 25.0. The summed E-state index contributed by atoms with van der Waals surface area (Å²) in [6.07, 6.45) is 2.57. The smallest absolute Gasteiger partial charge is 0.340 e. The fraction of sp³-hybridized carbons (Fsp3) is 0.364. The van der Waals surface area contributed by atoms with Crippen LogP contribution in [0, 0.1) is 0 Å². The number of Topliss-reactive ketones (excluding diaryl/α,β-unsaturated/α-hetero) is 1. The molecule has 0 saturated carbocycles. The van der Waals surface area contributed by atoms with E-state index in [9.17, 15) is 18.0 Å². The van der Waals surface area contributed by atoms with Gasteiger partial charge in [0.15, 0.2) is 23.9 Å². The average molecular weight is 482 g/mol. The van der Waals surface area contributed by atoms with Gasteiger partial charge in [-0.1, -0.05) is 18.0 Å². The molecular weight excluding hydrogens is 458 g/mol. The minimum absolute atomic E-state index is 0.0335. The molecule has 10 heteroatoms. The number of methoxy groups -OCH3 is 2. The molecule has 172 valence electrons. The third kappa shape index (κ3) is 5.23. The van der Waals surface area contributed by atoms with Gasteiger partial charge in [0.05, 0.1) is 29.7 Å². The van der Waals surface area contributed by atoms with Crippen molar-refractivity contribution in [3.63, 3.8) is 0 Å². The van der Waals surface area contributed by atoms with Crippen molar-refractivity contribution in [2.45, 2.75) is 24.2 Å². The van der Waals surface area contributed by atoms with Crippen LogP contribution in [0.5, 0.6) is 11.5 Å². The van der Waals surface area contributed by atoms with Crippen LogP contribution >= 0.6 is 11.6 Å². The van der Waals surface area contributed by atoms with E-state index in [1.165, 1.54) is 48.9 Å². The third-order valence-electron chi connectivity index (χ3n) is 5.15. The summed E-state index contributed by atoms with van der Waals surface area (Å²) < 4.78 is 42.6. The number of hydrogen-bond donors (Lipinski definition) is 0. The number of rotatable bonds is 8. The SMILES string of the molecule is COc1ccc(C(=O)COC(=O)c2cc(S(=O)(=O)N3CCCCC3)ccc2Cl)cc1OC. The summed E-state index contributed by atoms with van der Waals surface area (Å²) in [5.74, 6) is -0.532. The maximum absolute atomic E-state index is 12.9. The van der Waals surface area contributed by atoms with E-state index in [0.29, 0.717) is 24.6 Å². The fourth-order valence-electron chi connectivity index (χ4n) is 3.38. The summed E-state index contributed by atoms with van der Waals surface area (Å²) in [6.45, 7) is 0.322. The lowest BCUT2D eigenvalue weighted by Gasteiger charge is -2.26. The van der Waals surface area contributed by atoms with Crippen LogP contribution in [-0.2, 0) is 14.8 Å². The van der Waals surface area contributed by atoms with Crippen LogP contribution in [-0.4, -0.2) is 58.4 Å². The molecule has 0 radical (unpaired) electrons. The van der Waals surface area contributed by atoms with Gasteiger partial charge >= 0.3 is 5.97 Å². The Morgan fingerprint density at radius 3 is 2.31 bits per heavy atom. The lowest BCUT2D eigenvalue weighted by atomic mass is 10.1. The summed E-state index contributed by atoms with van der Waals surface area (Å²) >= 11 is 6.11. The Kier molecular flexibility index (Phi) is 7.76. The van der Waals surface area contributed by atoms with Gasteiger partial charge in [-0.15, -0.1) is 0 Å². The van der Waals surface area contributed by atoms with Crippen molar-refractivity contribution in [3.8, 4) is 11.5 Å². The molecule has 32 heavy (non-hydrogen) atoms. The van der Waals surface area contributed by atoms with E-state index < -0.39 is 28.4 Å². The Morgan fingerprint density at radius 1 is 0.969 bits per heavy atom. The molecule has 1 fully saturated rings. The second-order valence-corrected chi connectivity index (χ2v) is 9.52. The average Bonchev–Trinajstić information content (AvgIpc) is 2.82. The highest BCUT2D eigenvalue weighted by atomic mass is 35.5. The summed E-state index contributed by atoms with van der Waals surface area (Å²) in [6, 6.07) is 8.46. The van der Waals surface area contributed by atoms with Gasteiger partial charge in [-0.2, -0.15) is 4.31 Å². The van der Waals surface area contributed by atoms with E-state index in [0.717, 1.165) is 19.3 Å². The molecule has 2 aromatic carbocycles. The predicted molar refractivity (Wildman–Crippen MR) is 118 cm³/mol. The number of hydrogen-bond acceptors (Lipinski definition) is 7. The number of halogens is 1. The van der Waals surface area contributed by atoms with Crippen molar-refractivity contribution in [2.24, 2.45) is 0 Å². The molecule has 0 amide bonds. The number of carbonyl (C=O) groups is 2. The molecule has 1 saturated heterocycles. The highest BCUT2D eigenvalue weighted by molar-refractivity contribution is 7.89. The van der Waals surface area contributed by atoms with Gasteiger partial charge in [-0.05, 0) is 49.2 Å². The lowest BCUT2D eigenvalue weighted by Crippen LogP contribution is -2.35. The summed E-state index contributed by atoms with van der Waals surface area (Å²) in [7, 11) is -0.829. The molecule has 0 atom stereocenters. The quantitative estimate of drug-likeness (QED) is 0.419. The Labute approximate surface area is 192 Å². The minimum atomic E-state index is -3.75. The van der Waals surface area contributed by atoms with Gasteiger partial charge in [-0.3, -0.25) is 4.79 Å². The Bertz CT molecular complexity index is 1110. The lowest BCUT2D eigenvalue weighted by molar-refractivity contribution is 0.0474. The number of ether oxygens (including phenoxy) is 3. The molecule has 0 spiro atoms. The summed E-state index contributed by atoms with van der Waals surface area (Å²) in [5.41, 5.74) is 0.146. The zero-order valence-corrected chi connectivity index (χ0v) is 19.4.